The molecule has 16 heavy (non-hydrogen) atoms. The maximum atomic E-state index is 3.72. The van der Waals surface area contributed by atoms with Crippen molar-refractivity contribution < 1.29 is 0 Å². The standard InChI is InChI=1S/C15H23Br/c1-12(16)14(2,3)11-15(4,5)13-9-7-6-8-10-13/h6-10,12H,11H2,1-5H3. The van der Waals surface area contributed by atoms with E-state index >= 15 is 0 Å². The second-order valence-corrected chi connectivity index (χ2v) is 7.40. The topological polar surface area (TPSA) is 0 Å². The average molecular weight is 283 g/mol. The van der Waals surface area contributed by atoms with Crippen LogP contribution in [0.4, 0.5) is 0 Å². The van der Waals surface area contributed by atoms with Crippen LogP contribution in [0, 0.1) is 5.41 Å². The molecule has 0 N–H and O–H groups in total. The Morgan fingerprint density at radius 3 is 2.00 bits per heavy atom. The van der Waals surface area contributed by atoms with Gasteiger partial charge in [0.05, 0.1) is 0 Å². The van der Waals surface area contributed by atoms with Crippen molar-refractivity contribution in [1.29, 1.82) is 0 Å². The van der Waals surface area contributed by atoms with Crippen LogP contribution in [0.1, 0.15) is 46.6 Å². The summed E-state index contributed by atoms with van der Waals surface area (Å²) in [5.74, 6) is 0. The van der Waals surface area contributed by atoms with Crippen LogP contribution >= 0.6 is 15.9 Å². The van der Waals surface area contributed by atoms with Gasteiger partial charge in [-0.15, -0.1) is 0 Å². The third-order valence-electron chi connectivity index (χ3n) is 3.53. The minimum Gasteiger partial charge on any atom is -0.0888 e. The largest absolute Gasteiger partial charge is 0.0888 e. The Labute approximate surface area is 109 Å². The molecule has 0 aliphatic heterocycles. The van der Waals surface area contributed by atoms with Crippen molar-refractivity contribution in [2.24, 2.45) is 5.41 Å². The highest BCUT2D eigenvalue weighted by Gasteiger charge is 2.32. The van der Waals surface area contributed by atoms with Gasteiger partial charge in [0.2, 0.25) is 0 Å². The van der Waals surface area contributed by atoms with Gasteiger partial charge in [0, 0.05) is 4.83 Å². The van der Waals surface area contributed by atoms with Gasteiger partial charge >= 0.3 is 0 Å². The molecule has 1 aromatic carbocycles. The first-order valence-electron chi connectivity index (χ1n) is 5.95. The van der Waals surface area contributed by atoms with E-state index in [0.717, 1.165) is 0 Å². The third-order valence-corrected chi connectivity index (χ3v) is 4.77. The maximum Gasteiger partial charge on any atom is 0.0169 e. The number of benzene rings is 1. The number of hydrogen-bond acceptors (Lipinski definition) is 0. The molecular weight excluding hydrogens is 260 g/mol. The summed E-state index contributed by atoms with van der Waals surface area (Å²) in [6.07, 6.45) is 1.18. The molecule has 1 unspecified atom stereocenters. The lowest BCUT2D eigenvalue weighted by Crippen LogP contribution is -2.31. The van der Waals surface area contributed by atoms with Crippen LogP contribution in [0.25, 0.3) is 0 Å². The fourth-order valence-corrected chi connectivity index (χ4v) is 2.43. The predicted molar refractivity (Wildman–Crippen MR) is 76.3 cm³/mol. The minimum atomic E-state index is 0.229. The van der Waals surface area contributed by atoms with Crippen LogP contribution in [0.2, 0.25) is 0 Å². The first kappa shape index (κ1) is 13.8. The molecule has 0 nitrogen and oxygen atoms in total. The molecular formula is C15H23Br. The van der Waals surface area contributed by atoms with Crippen molar-refractivity contribution in [3.63, 3.8) is 0 Å². The molecule has 0 aromatic heterocycles. The second kappa shape index (κ2) is 4.91. The molecule has 0 aliphatic carbocycles. The summed E-state index contributed by atoms with van der Waals surface area (Å²) in [4.78, 5) is 0.531. The Morgan fingerprint density at radius 1 is 1.06 bits per heavy atom. The summed E-state index contributed by atoms with van der Waals surface area (Å²) in [6.45, 7) is 11.6. The predicted octanol–water partition coefficient (Wildman–Crippen LogP) is 5.16. The van der Waals surface area contributed by atoms with Crippen LogP contribution in [0.3, 0.4) is 0 Å². The monoisotopic (exact) mass is 282 g/mol. The van der Waals surface area contributed by atoms with Crippen LogP contribution in [0.5, 0.6) is 0 Å². The molecule has 0 heterocycles. The summed E-state index contributed by atoms with van der Waals surface area (Å²) >= 11 is 3.72. The van der Waals surface area contributed by atoms with Crippen LogP contribution in [-0.4, -0.2) is 4.83 Å². The molecule has 0 spiro atoms. The highest BCUT2D eigenvalue weighted by Crippen LogP contribution is 2.40. The molecule has 1 atom stereocenters. The summed E-state index contributed by atoms with van der Waals surface area (Å²) in [7, 11) is 0. The van der Waals surface area contributed by atoms with E-state index in [2.05, 4.69) is 80.9 Å². The molecule has 90 valence electrons. The fourth-order valence-electron chi connectivity index (χ4n) is 2.27. The van der Waals surface area contributed by atoms with E-state index in [4.69, 9.17) is 0 Å². The van der Waals surface area contributed by atoms with E-state index in [0.29, 0.717) is 10.2 Å². The summed E-state index contributed by atoms with van der Waals surface area (Å²) in [5, 5.41) is 0. The molecule has 0 fully saturated rings. The Kier molecular flexibility index (Phi) is 4.23. The van der Waals surface area contributed by atoms with Gasteiger partial charge in [0.25, 0.3) is 0 Å². The molecule has 1 rings (SSSR count). The lowest BCUT2D eigenvalue weighted by molar-refractivity contribution is 0.259. The summed E-state index contributed by atoms with van der Waals surface area (Å²) < 4.78 is 0. The van der Waals surface area contributed by atoms with Gasteiger partial charge in [0.1, 0.15) is 0 Å². The highest BCUT2D eigenvalue weighted by molar-refractivity contribution is 9.09. The molecule has 0 amide bonds. The van der Waals surface area contributed by atoms with Gasteiger partial charge < -0.3 is 0 Å². The Hall–Kier alpha value is -0.300. The summed E-state index contributed by atoms with van der Waals surface area (Å²) in [5.41, 5.74) is 1.96. The van der Waals surface area contributed by atoms with Gasteiger partial charge in [0.15, 0.2) is 0 Å². The number of halogens is 1. The van der Waals surface area contributed by atoms with Crippen LogP contribution < -0.4 is 0 Å². The van der Waals surface area contributed by atoms with Crippen LogP contribution in [-0.2, 0) is 5.41 Å². The van der Waals surface area contributed by atoms with Crippen molar-refractivity contribution in [3.05, 3.63) is 35.9 Å². The zero-order valence-electron chi connectivity index (χ0n) is 11.0. The van der Waals surface area contributed by atoms with Gasteiger partial charge in [-0.1, -0.05) is 80.9 Å². The van der Waals surface area contributed by atoms with Crippen molar-refractivity contribution >= 4 is 15.9 Å². The van der Waals surface area contributed by atoms with Crippen molar-refractivity contribution in [2.75, 3.05) is 0 Å². The summed E-state index contributed by atoms with van der Waals surface area (Å²) in [6, 6.07) is 10.8. The Balaban J connectivity index is 2.88. The van der Waals surface area contributed by atoms with E-state index in [1.54, 1.807) is 0 Å². The van der Waals surface area contributed by atoms with Gasteiger partial charge in [-0.2, -0.15) is 0 Å². The fraction of sp³-hybridized carbons (Fsp3) is 0.600. The van der Waals surface area contributed by atoms with E-state index in [1.807, 2.05) is 0 Å². The first-order chi connectivity index (χ1) is 7.26. The lowest BCUT2D eigenvalue weighted by atomic mass is 9.70. The number of alkyl halides is 1. The molecule has 0 radical (unpaired) electrons. The highest BCUT2D eigenvalue weighted by atomic mass is 79.9. The van der Waals surface area contributed by atoms with E-state index in [1.165, 1.54) is 12.0 Å². The SMILES string of the molecule is CC(Br)C(C)(C)CC(C)(C)c1ccccc1. The number of hydrogen-bond donors (Lipinski definition) is 0. The van der Waals surface area contributed by atoms with Crippen molar-refractivity contribution in [1.82, 2.24) is 0 Å². The molecule has 1 heteroatoms. The lowest BCUT2D eigenvalue weighted by Gasteiger charge is -2.37. The quantitative estimate of drug-likeness (QED) is 0.669. The normalized spacial score (nSPS) is 14.9. The maximum absolute atomic E-state index is 3.72. The zero-order valence-corrected chi connectivity index (χ0v) is 12.6. The third kappa shape index (κ3) is 3.35. The van der Waals surface area contributed by atoms with E-state index < -0.39 is 0 Å². The van der Waals surface area contributed by atoms with Crippen LogP contribution in [0.15, 0.2) is 30.3 Å². The molecule has 0 saturated heterocycles. The second-order valence-electron chi connectivity index (χ2n) is 6.03. The first-order valence-corrected chi connectivity index (χ1v) is 6.87. The molecule has 0 saturated carbocycles. The smallest absolute Gasteiger partial charge is 0.0169 e. The van der Waals surface area contributed by atoms with E-state index in [9.17, 15) is 0 Å². The van der Waals surface area contributed by atoms with Gasteiger partial charge in [-0.3, -0.25) is 0 Å². The van der Waals surface area contributed by atoms with Gasteiger partial charge in [-0.05, 0) is 22.8 Å². The number of rotatable bonds is 4. The average Bonchev–Trinajstić information content (AvgIpc) is 2.17. The Morgan fingerprint density at radius 2 is 1.56 bits per heavy atom. The molecule has 1 aromatic rings. The molecule has 0 aliphatic rings. The molecule has 0 bridgehead atoms. The van der Waals surface area contributed by atoms with Gasteiger partial charge in [-0.25, -0.2) is 0 Å². The van der Waals surface area contributed by atoms with Crippen molar-refractivity contribution in [3.8, 4) is 0 Å². The zero-order chi connectivity index (χ0) is 12.4. The minimum absolute atomic E-state index is 0.229. The van der Waals surface area contributed by atoms with Crippen molar-refractivity contribution in [2.45, 2.75) is 51.3 Å². The van der Waals surface area contributed by atoms with E-state index in [-0.39, 0.29) is 5.41 Å². The Bertz CT molecular complexity index is 323.